The van der Waals surface area contributed by atoms with Gasteiger partial charge in [-0.2, -0.15) is 0 Å². The zero-order chi connectivity index (χ0) is 31.3. The molecule has 0 unspecified atom stereocenters. The minimum Gasteiger partial charge on any atom is -0.493 e. The van der Waals surface area contributed by atoms with E-state index in [1.54, 1.807) is 17.0 Å². The fourth-order valence-corrected chi connectivity index (χ4v) is 5.46. The Balaban J connectivity index is 1.34. The van der Waals surface area contributed by atoms with E-state index in [0.29, 0.717) is 61.2 Å². The molecule has 13 heteroatoms. The van der Waals surface area contributed by atoms with E-state index in [0.717, 1.165) is 15.8 Å². The summed E-state index contributed by atoms with van der Waals surface area (Å²) in [6.45, 7) is 4.36. The number of carbonyl (C=O) groups is 4. The lowest BCUT2D eigenvalue weighted by Crippen LogP contribution is -2.28. The van der Waals surface area contributed by atoms with Crippen LogP contribution in [0.4, 0.5) is 0 Å². The third-order valence-electron chi connectivity index (χ3n) is 7.09. The number of ketones is 1. The number of hydrogen-bond donors (Lipinski definition) is 2. The highest BCUT2D eigenvalue weighted by molar-refractivity contribution is 7.20. The molecule has 0 radical (unpaired) electrons. The average Bonchev–Trinajstić information content (AvgIpc) is 3.59. The number of carbonyl (C=O) groups excluding carboxylic acids is 2. The first-order valence-corrected chi connectivity index (χ1v) is 14.5. The van der Waals surface area contributed by atoms with Gasteiger partial charge in [0.2, 0.25) is 5.91 Å². The van der Waals surface area contributed by atoms with Gasteiger partial charge in [0.05, 0.1) is 49.5 Å². The van der Waals surface area contributed by atoms with Crippen LogP contribution in [0.2, 0.25) is 0 Å². The lowest BCUT2D eigenvalue weighted by molar-refractivity contribution is -0.145. The summed E-state index contributed by atoms with van der Waals surface area (Å²) >= 11 is 1.18. The van der Waals surface area contributed by atoms with Crippen molar-refractivity contribution in [3.63, 3.8) is 0 Å². The van der Waals surface area contributed by atoms with E-state index < -0.39 is 23.8 Å². The summed E-state index contributed by atoms with van der Waals surface area (Å²) in [6, 6.07) is 7.11. The van der Waals surface area contributed by atoms with Crippen LogP contribution in [-0.4, -0.2) is 71.2 Å². The van der Waals surface area contributed by atoms with Gasteiger partial charge in [-0.1, -0.05) is 13.8 Å². The molecule has 230 valence electrons. The molecule has 0 saturated carbocycles. The van der Waals surface area contributed by atoms with E-state index in [9.17, 15) is 19.2 Å². The molecule has 0 aliphatic carbocycles. The number of fused-ring (bicyclic) bond motifs is 2. The normalized spacial score (nSPS) is 13.7. The summed E-state index contributed by atoms with van der Waals surface area (Å²) in [6.07, 6.45) is 0.329. The van der Waals surface area contributed by atoms with Crippen LogP contribution in [0.5, 0.6) is 23.0 Å². The molecule has 2 aromatic carbocycles. The highest BCUT2D eigenvalue weighted by Crippen LogP contribution is 2.37. The number of ether oxygens (including phenoxy) is 4. The average molecular weight is 615 g/mol. The lowest BCUT2D eigenvalue weighted by Gasteiger charge is -2.16. The zero-order valence-corrected chi connectivity index (χ0v) is 25.2. The monoisotopic (exact) mass is 614 g/mol. The van der Waals surface area contributed by atoms with Crippen LogP contribution in [0.25, 0.3) is 10.2 Å². The van der Waals surface area contributed by atoms with Gasteiger partial charge in [-0.05, 0) is 23.3 Å². The fraction of sp³-hybridized carbons (Fsp3) is 0.433. The van der Waals surface area contributed by atoms with Crippen molar-refractivity contribution in [3.05, 3.63) is 40.4 Å². The molecule has 3 aromatic rings. The first kappa shape index (κ1) is 31.5. The highest BCUT2D eigenvalue weighted by Gasteiger charge is 2.28. The third-order valence-corrected chi connectivity index (χ3v) is 8.15. The minimum atomic E-state index is -1.03. The maximum Gasteiger partial charge on any atom is 0.306 e. The Morgan fingerprint density at radius 1 is 0.837 bits per heavy atom. The Bertz CT molecular complexity index is 1530. The van der Waals surface area contributed by atoms with E-state index in [2.05, 4.69) is 4.98 Å². The summed E-state index contributed by atoms with van der Waals surface area (Å²) < 4.78 is 23.6. The van der Waals surface area contributed by atoms with Crippen LogP contribution in [0, 0.1) is 11.8 Å². The van der Waals surface area contributed by atoms with Gasteiger partial charge in [0.1, 0.15) is 0 Å². The first-order chi connectivity index (χ1) is 20.5. The molecule has 1 amide bonds. The van der Waals surface area contributed by atoms with Crippen molar-refractivity contribution in [2.24, 2.45) is 11.8 Å². The quantitative estimate of drug-likeness (QED) is 0.184. The molecular weight excluding hydrogens is 580 g/mol. The molecule has 12 nitrogen and oxygen atoms in total. The second-order valence-corrected chi connectivity index (χ2v) is 11.4. The van der Waals surface area contributed by atoms with Gasteiger partial charge < -0.3 is 34.1 Å². The molecule has 1 aromatic heterocycles. The molecule has 2 N–H and O–H groups in total. The van der Waals surface area contributed by atoms with Crippen molar-refractivity contribution < 1.29 is 48.3 Å². The molecule has 0 bridgehead atoms. The number of Topliss-reactive ketones (excluding diaryl/α,β-unsaturated/α-hetero) is 1. The van der Waals surface area contributed by atoms with Gasteiger partial charge in [-0.25, -0.2) is 4.98 Å². The van der Waals surface area contributed by atoms with Gasteiger partial charge >= 0.3 is 11.9 Å². The van der Waals surface area contributed by atoms with E-state index in [1.165, 1.54) is 39.4 Å². The smallest absolute Gasteiger partial charge is 0.306 e. The number of aromatic nitrogens is 1. The summed E-state index contributed by atoms with van der Waals surface area (Å²) in [5.41, 5.74) is 2.39. The summed E-state index contributed by atoms with van der Waals surface area (Å²) in [4.78, 5) is 53.3. The summed E-state index contributed by atoms with van der Waals surface area (Å²) in [5.74, 6) is -2.14. The molecule has 2 atom stereocenters. The number of rotatable bonds is 15. The van der Waals surface area contributed by atoms with Gasteiger partial charge in [-0.15, -0.1) is 11.3 Å². The summed E-state index contributed by atoms with van der Waals surface area (Å²) in [5, 5.41) is 18.4. The van der Waals surface area contributed by atoms with Crippen molar-refractivity contribution in [2.45, 2.75) is 46.2 Å². The van der Waals surface area contributed by atoms with Crippen LogP contribution < -0.4 is 18.9 Å². The Hall–Kier alpha value is -4.39. The predicted octanol–water partition coefficient (Wildman–Crippen LogP) is 4.41. The number of hydrogen-bond acceptors (Lipinski definition) is 10. The van der Waals surface area contributed by atoms with E-state index >= 15 is 0 Å². The molecule has 1 aliphatic heterocycles. The van der Waals surface area contributed by atoms with Gasteiger partial charge in [-0.3, -0.25) is 19.2 Å². The molecule has 0 spiro atoms. The number of nitrogens with zero attached hydrogens (tertiary/aromatic N) is 2. The maximum absolute atomic E-state index is 12.6. The molecule has 4 rings (SSSR count). The molecule has 1 aliphatic rings. The Morgan fingerprint density at radius 2 is 1.37 bits per heavy atom. The number of benzene rings is 2. The number of carboxylic acid groups (broad SMARTS) is 2. The zero-order valence-electron chi connectivity index (χ0n) is 24.4. The number of thiazole rings is 1. The standard InChI is InChI=1S/C30H34N2O10S/c1-16(29(35)36)8-21(33)28-31-20-12-25(23(40-4)13-26(20)43-28)42-7-5-6-41-24-11-19-15-32(14-18(19)10-22(24)39-3)27(34)9-17(2)30(37)38/h10-13,16-17H,5-9,14-15H2,1-4H3,(H,35,36)(H,37,38)/t16-,17-/m0/s1. The molecular formula is C30H34N2O10S. The van der Waals surface area contributed by atoms with E-state index in [1.807, 2.05) is 12.1 Å². The second-order valence-electron chi connectivity index (χ2n) is 10.4. The first-order valence-electron chi connectivity index (χ1n) is 13.7. The van der Waals surface area contributed by atoms with Gasteiger partial charge in [0.15, 0.2) is 33.8 Å². The largest absolute Gasteiger partial charge is 0.493 e. The Labute approximate surface area is 252 Å². The van der Waals surface area contributed by atoms with Crippen LogP contribution in [0.15, 0.2) is 24.3 Å². The topological polar surface area (TPSA) is 162 Å². The van der Waals surface area contributed by atoms with Crippen LogP contribution in [-0.2, 0) is 27.5 Å². The SMILES string of the molecule is COc1cc2c(cc1OCCCOc1cc3nc(C(=O)C[C@H](C)C(=O)O)sc3cc1OC)CN(C(=O)C[C@H](C)C(=O)O)C2. The highest BCUT2D eigenvalue weighted by atomic mass is 32.1. The maximum atomic E-state index is 12.6. The predicted molar refractivity (Wildman–Crippen MR) is 156 cm³/mol. The lowest BCUT2D eigenvalue weighted by atomic mass is 10.1. The Morgan fingerprint density at radius 3 is 1.95 bits per heavy atom. The van der Waals surface area contributed by atoms with Crippen LogP contribution in [0.3, 0.4) is 0 Å². The number of methoxy groups -OCH3 is 2. The van der Waals surface area contributed by atoms with Crippen molar-refractivity contribution in [1.82, 2.24) is 9.88 Å². The van der Waals surface area contributed by atoms with Crippen molar-refractivity contribution in [3.8, 4) is 23.0 Å². The van der Waals surface area contributed by atoms with Gasteiger partial charge in [0.25, 0.3) is 0 Å². The molecule has 0 saturated heterocycles. The number of carboxylic acids is 2. The fourth-order valence-electron chi connectivity index (χ4n) is 4.54. The van der Waals surface area contributed by atoms with Crippen LogP contribution in [0.1, 0.15) is 54.0 Å². The molecule has 0 fully saturated rings. The van der Waals surface area contributed by atoms with Crippen molar-refractivity contribution in [1.29, 1.82) is 0 Å². The van der Waals surface area contributed by atoms with Crippen molar-refractivity contribution >= 4 is 45.2 Å². The number of amides is 1. The Kier molecular flexibility index (Phi) is 10.1. The third kappa shape index (κ3) is 7.53. The van der Waals surface area contributed by atoms with Crippen molar-refractivity contribution in [2.75, 3.05) is 27.4 Å². The van der Waals surface area contributed by atoms with E-state index in [-0.39, 0.29) is 29.5 Å². The molecule has 43 heavy (non-hydrogen) atoms. The van der Waals surface area contributed by atoms with E-state index in [4.69, 9.17) is 29.2 Å². The summed E-state index contributed by atoms with van der Waals surface area (Å²) in [7, 11) is 3.05. The van der Waals surface area contributed by atoms with Gasteiger partial charge in [0, 0.05) is 44.5 Å². The number of aliphatic carboxylic acids is 2. The van der Waals surface area contributed by atoms with Crippen LogP contribution >= 0.6 is 11.3 Å². The molecule has 2 heterocycles. The second kappa shape index (κ2) is 13.7. The minimum absolute atomic E-state index is 0.0602.